The molecule has 0 aliphatic heterocycles. The van der Waals surface area contributed by atoms with Crippen LogP contribution in [0.25, 0.3) is 33.0 Å². The number of aromatic nitrogens is 3. The van der Waals surface area contributed by atoms with E-state index in [1.54, 1.807) is 4.40 Å². The number of nitrogens with zero attached hydrogens (tertiary/aromatic N) is 3. The van der Waals surface area contributed by atoms with Crippen LogP contribution in [0, 0.1) is 13.8 Å². The number of benzene rings is 3. The fourth-order valence-electron chi connectivity index (χ4n) is 4.36. The number of imidazole rings is 1. The van der Waals surface area contributed by atoms with E-state index in [4.69, 9.17) is 4.98 Å². The van der Waals surface area contributed by atoms with Gasteiger partial charge in [-0.15, -0.1) is 0 Å². The van der Waals surface area contributed by atoms with Crippen molar-refractivity contribution in [1.29, 1.82) is 0 Å². The van der Waals surface area contributed by atoms with E-state index < -0.39 is 0 Å². The SMILES string of the molecule is Cc1cc2nc3sc(=Cc4cn(Cc5ccccc5)c5ccccc45)c(=O)n3c2cc1C. The van der Waals surface area contributed by atoms with Crippen molar-refractivity contribution in [3.05, 3.63) is 110 Å². The van der Waals surface area contributed by atoms with Crippen molar-refractivity contribution in [3.8, 4) is 0 Å². The molecule has 5 heteroatoms. The summed E-state index contributed by atoms with van der Waals surface area (Å²) >= 11 is 1.45. The molecule has 156 valence electrons. The number of thiazole rings is 1. The van der Waals surface area contributed by atoms with Gasteiger partial charge in [0.1, 0.15) is 0 Å². The Morgan fingerprint density at radius 1 is 0.938 bits per heavy atom. The van der Waals surface area contributed by atoms with Crippen LogP contribution in [0.3, 0.4) is 0 Å². The van der Waals surface area contributed by atoms with Crippen molar-refractivity contribution in [2.45, 2.75) is 20.4 Å². The maximum atomic E-state index is 13.3. The third kappa shape index (κ3) is 2.97. The van der Waals surface area contributed by atoms with E-state index in [1.807, 2.05) is 18.2 Å². The van der Waals surface area contributed by atoms with Gasteiger partial charge in [-0.25, -0.2) is 9.38 Å². The predicted octanol–water partition coefficient (Wildman–Crippen LogP) is 5.08. The van der Waals surface area contributed by atoms with E-state index in [-0.39, 0.29) is 5.56 Å². The normalized spacial score (nSPS) is 12.5. The zero-order valence-corrected chi connectivity index (χ0v) is 18.7. The second-order valence-corrected chi connectivity index (χ2v) is 9.29. The lowest BCUT2D eigenvalue weighted by atomic mass is 10.1. The highest BCUT2D eigenvalue weighted by Gasteiger charge is 2.13. The van der Waals surface area contributed by atoms with Gasteiger partial charge in [0.2, 0.25) is 0 Å². The summed E-state index contributed by atoms with van der Waals surface area (Å²) in [6.45, 7) is 4.93. The fourth-order valence-corrected chi connectivity index (χ4v) is 5.34. The van der Waals surface area contributed by atoms with E-state index in [0.29, 0.717) is 4.53 Å². The molecule has 0 N–H and O–H groups in total. The highest BCUT2D eigenvalue weighted by molar-refractivity contribution is 7.15. The molecular formula is C27H21N3OS. The van der Waals surface area contributed by atoms with Crippen molar-refractivity contribution in [1.82, 2.24) is 14.0 Å². The van der Waals surface area contributed by atoms with Crippen LogP contribution in [0.5, 0.6) is 0 Å². The van der Waals surface area contributed by atoms with Gasteiger partial charge in [0.05, 0.1) is 15.6 Å². The van der Waals surface area contributed by atoms with Crippen molar-refractivity contribution < 1.29 is 0 Å². The molecule has 0 bridgehead atoms. The van der Waals surface area contributed by atoms with Gasteiger partial charge < -0.3 is 4.57 Å². The van der Waals surface area contributed by atoms with Gasteiger partial charge in [0.25, 0.3) is 5.56 Å². The number of para-hydroxylation sites is 1. The first-order valence-electron chi connectivity index (χ1n) is 10.6. The van der Waals surface area contributed by atoms with E-state index in [0.717, 1.165) is 39.0 Å². The predicted molar refractivity (Wildman–Crippen MR) is 133 cm³/mol. The number of aryl methyl sites for hydroxylation is 2. The summed E-state index contributed by atoms with van der Waals surface area (Å²) in [5.74, 6) is 0. The molecule has 0 atom stereocenters. The van der Waals surface area contributed by atoms with Gasteiger partial charge in [0.15, 0.2) is 4.96 Å². The second kappa shape index (κ2) is 7.18. The van der Waals surface area contributed by atoms with Gasteiger partial charge in [-0.2, -0.15) is 0 Å². The Bertz CT molecular complexity index is 1740. The summed E-state index contributed by atoms with van der Waals surface area (Å²) < 4.78 is 4.71. The largest absolute Gasteiger partial charge is 0.342 e. The molecule has 6 aromatic rings. The topological polar surface area (TPSA) is 39.3 Å². The maximum Gasteiger partial charge on any atom is 0.274 e. The average Bonchev–Trinajstić information content (AvgIpc) is 3.41. The molecule has 6 rings (SSSR count). The Labute approximate surface area is 188 Å². The fraction of sp³-hybridized carbons (Fsp3) is 0.111. The van der Waals surface area contributed by atoms with Crippen molar-refractivity contribution in [2.75, 3.05) is 0 Å². The summed E-state index contributed by atoms with van der Waals surface area (Å²) in [6, 6.07) is 22.9. The van der Waals surface area contributed by atoms with E-state index in [2.05, 4.69) is 79.2 Å². The quantitative estimate of drug-likeness (QED) is 0.389. The summed E-state index contributed by atoms with van der Waals surface area (Å²) in [5, 5.41) is 1.14. The molecule has 0 amide bonds. The number of fused-ring (bicyclic) bond motifs is 4. The Balaban J connectivity index is 1.54. The molecule has 4 nitrogen and oxygen atoms in total. The number of hydrogen-bond acceptors (Lipinski definition) is 3. The van der Waals surface area contributed by atoms with Gasteiger partial charge in [0, 0.05) is 29.2 Å². The molecule has 0 aliphatic rings. The molecule has 0 radical (unpaired) electrons. The smallest absolute Gasteiger partial charge is 0.274 e. The van der Waals surface area contributed by atoms with Crippen LogP contribution in [0.4, 0.5) is 0 Å². The van der Waals surface area contributed by atoms with Gasteiger partial charge in [-0.3, -0.25) is 4.79 Å². The molecule has 0 saturated carbocycles. The highest BCUT2D eigenvalue weighted by atomic mass is 32.1. The number of hydrogen-bond donors (Lipinski definition) is 0. The summed E-state index contributed by atoms with van der Waals surface area (Å²) in [6.07, 6.45) is 4.16. The molecule has 0 saturated heterocycles. The highest BCUT2D eigenvalue weighted by Crippen LogP contribution is 2.24. The van der Waals surface area contributed by atoms with Crippen LogP contribution in [-0.4, -0.2) is 14.0 Å². The second-order valence-electron chi connectivity index (χ2n) is 8.29. The molecule has 32 heavy (non-hydrogen) atoms. The Morgan fingerprint density at radius 3 is 2.53 bits per heavy atom. The molecule has 3 aromatic carbocycles. The van der Waals surface area contributed by atoms with Crippen molar-refractivity contribution in [3.63, 3.8) is 0 Å². The zero-order valence-electron chi connectivity index (χ0n) is 17.9. The van der Waals surface area contributed by atoms with Gasteiger partial charge >= 0.3 is 0 Å². The lowest BCUT2D eigenvalue weighted by molar-refractivity contribution is 0.836. The average molecular weight is 436 g/mol. The summed E-state index contributed by atoms with van der Waals surface area (Å²) in [4.78, 5) is 18.8. The zero-order chi connectivity index (χ0) is 21.8. The van der Waals surface area contributed by atoms with E-state index in [9.17, 15) is 4.79 Å². The molecule has 0 spiro atoms. The minimum Gasteiger partial charge on any atom is -0.342 e. The maximum absolute atomic E-state index is 13.3. The third-order valence-electron chi connectivity index (χ3n) is 6.16. The first-order valence-corrected chi connectivity index (χ1v) is 11.5. The van der Waals surface area contributed by atoms with E-state index in [1.165, 1.54) is 28.0 Å². The molecule has 0 fully saturated rings. The lowest BCUT2D eigenvalue weighted by Gasteiger charge is -2.05. The molecule has 0 aliphatic carbocycles. The Morgan fingerprint density at radius 2 is 1.69 bits per heavy atom. The summed E-state index contributed by atoms with van der Waals surface area (Å²) in [7, 11) is 0. The van der Waals surface area contributed by atoms with Crippen LogP contribution in [0.2, 0.25) is 0 Å². The minimum absolute atomic E-state index is 0.00403. The number of rotatable bonds is 3. The standard InChI is InChI=1S/C27H21N3OS/c1-17-12-22-24(13-18(17)2)30-26(31)25(32-27(30)28-22)14-20-16-29(15-19-8-4-3-5-9-19)23-11-7-6-10-21(20)23/h3-14,16H,15H2,1-2H3. The molecule has 3 aromatic heterocycles. The van der Waals surface area contributed by atoms with Gasteiger partial charge in [-0.1, -0.05) is 59.9 Å². The van der Waals surface area contributed by atoms with Crippen molar-refractivity contribution in [2.24, 2.45) is 0 Å². The minimum atomic E-state index is -0.00403. The van der Waals surface area contributed by atoms with Crippen LogP contribution in [0.15, 0.2) is 77.7 Å². The Kier molecular flexibility index (Phi) is 4.26. The van der Waals surface area contributed by atoms with Crippen LogP contribution in [-0.2, 0) is 6.54 Å². The van der Waals surface area contributed by atoms with Crippen LogP contribution >= 0.6 is 11.3 Å². The van der Waals surface area contributed by atoms with E-state index >= 15 is 0 Å². The van der Waals surface area contributed by atoms with Crippen LogP contribution < -0.4 is 10.1 Å². The van der Waals surface area contributed by atoms with Crippen molar-refractivity contribution >= 4 is 44.3 Å². The Hall–Kier alpha value is -3.70. The molecule has 0 unspecified atom stereocenters. The molecule has 3 heterocycles. The lowest BCUT2D eigenvalue weighted by Crippen LogP contribution is -2.22. The van der Waals surface area contributed by atoms with Gasteiger partial charge in [-0.05, 0) is 54.8 Å². The monoisotopic (exact) mass is 435 g/mol. The summed E-state index contributed by atoms with van der Waals surface area (Å²) in [5.41, 5.74) is 7.57. The first-order chi connectivity index (χ1) is 15.6. The van der Waals surface area contributed by atoms with Crippen LogP contribution in [0.1, 0.15) is 22.3 Å². The molecular weight excluding hydrogens is 414 g/mol. The third-order valence-corrected chi connectivity index (χ3v) is 7.12. The first kappa shape index (κ1) is 19.0.